The van der Waals surface area contributed by atoms with Gasteiger partial charge in [-0.2, -0.15) is 0 Å². The van der Waals surface area contributed by atoms with Crippen LogP contribution in [0.3, 0.4) is 0 Å². The van der Waals surface area contributed by atoms with Gasteiger partial charge in [0.2, 0.25) is 23.6 Å². The van der Waals surface area contributed by atoms with Crippen molar-refractivity contribution in [2.45, 2.75) is 212 Å². The number of carbonyl (C=O) groups excluding carboxylic acids is 8. The molecule has 0 radical (unpaired) electrons. The van der Waals surface area contributed by atoms with Gasteiger partial charge in [0.1, 0.15) is 23.1 Å². The Morgan fingerprint density at radius 3 is 1.16 bits per heavy atom. The lowest BCUT2D eigenvalue weighted by atomic mass is 9.77. The second kappa shape index (κ2) is 44.5. The zero-order chi connectivity index (χ0) is 65.9. The number of rotatable bonds is 43. The van der Waals surface area contributed by atoms with Gasteiger partial charge in [-0.05, 0) is 63.7 Å². The van der Waals surface area contributed by atoms with E-state index in [4.69, 9.17) is 18.9 Å². The highest BCUT2D eigenvalue weighted by atomic mass is 16.5. The number of hydrogen-bond acceptors (Lipinski definition) is 22. The molecule has 4 amide bonds. The Balaban J connectivity index is 0.00000639. The number of methoxy groups -OCH3 is 1. The predicted octanol–water partition coefficient (Wildman–Crippen LogP) is -0.566. The van der Waals surface area contributed by atoms with Gasteiger partial charge in [-0.25, -0.2) is 0 Å². The average Bonchev–Trinajstić information content (AvgIpc) is 3.65. The first-order valence-corrected chi connectivity index (χ1v) is 31.9. The van der Waals surface area contributed by atoms with Gasteiger partial charge in [-0.15, -0.1) is 0 Å². The molecule has 3 aliphatic rings. The van der Waals surface area contributed by atoms with Crippen molar-refractivity contribution in [1.82, 2.24) is 26.2 Å². The molecule has 0 bridgehead atoms. The maximum absolute atomic E-state index is 14.2. The van der Waals surface area contributed by atoms with Crippen LogP contribution in [0.15, 0.2) is 0 Å². The summed E-state index contributed by atoms with van der Waals surface area (Å²) in [5.74, 6) is -5.75. The summed E-state index contributed by atoms with van der Waals surface area (Å²) in [5, 5.41) is 102. The Morgan fingerprint density at radius 2 is 0.795 bits per heavy atom. The zero-order valence-corrected chi connectivity index (χ0v) is 53.4. The third kappa shape index (κ3) is 30.4. The number of hydrogen-bond donors (Lipinski definition) is 13. The van der Waals surface area contributed by atoms with E-state index in [2.05, 4.69) is 42.0 Å². The van der Waals surface area contributed by atoms with E-state index >= 15 is 0 Å². The highest BCUT2D eigenvalue weighted by Crippen LogP contribution is 2.34. The number of ketones is 4. The van der Waals surface area contributed by atoms with Crippen molar-refractivity contribution in [1.29, 1.82) is 0 Å². The molecular formula is C62H111N5O21. The highest BCUT2D eigenvalue weighted by molar-refractivity contribution is 5.92. The van der Waals surface area contributed by atoms with Crippen LogP contribution in [0, 0.1) is 41.4 Å². The standard InChI is InChI=1S/C58H101N5O21.C4H10/c1-35-46(26-38(32-64)55(77)52(35)74)82-23-7-19-59-49(71)17-14-43(69)30-63(31-44(70)15-18-50(72)60-20-8-24-83-47-27-39(33-65)56(78)53(75)36(47)2)45(16-13-42(68)11-5-10-41(67)12-6-22-81-4)58(80)62-29-51(73)61-21-9-25-84-48-28-40(34-66)57(79)54(76)37(48)3;1-4(2)3/h35-40,45-48,52-57,64-66,74-79H,5-34H2,1-4H3,(H,59,71)(H,60,72)(H,61,73)(H,62,80);4H,1-3H3/t35?,36?,37?,38?,39?,40?,45?,46-,47-,48-,52-,53?,54-,55+,56+,57+;/m1./s1. The molecule has 0 heterocycles. The van der Waals surface area contributed by atoms with E-state index in [1.54, 1.807) is 20.8 Å². The summed E-state index contributed by atoms with van der Waals surface area (Å²) < 4.78 is 22.8. The van der Waals surface area contributed by atoms with Gasteiger partial charge in [0.15, 0.2) is 0 Å². The molecule has 8 unspecified atom stereocenters. The molecule has 0 aromatic carbocycles. The highest BCUT2D eigenvalue weighted by Gasteiger charge is 2.44. The first kappa shape index (κ1) is 80.1. The minimum atomic E-state index is -1.34. The lowest BCUT2D eigenvalue weighted by molar-refractivity contribution is -0.144. The molecule has 0 spiro atoms. The third-order valence-electron chi connectivity index (χ3n) is 16.7. The van der Waals surface area contributed by atoms with Gasteiger partial charge in [-0.1, -0.05) is 41.5 Å². The summed E-state index contributed by atoms with van der Waals surface area (Å²) in [6.45, 7) is 10.6. The maximum Gasteiger partial charge on any atom is 0.239 e. The molecular weight excluding hydrogens is 1150 g/mol. The Labute approximate surface area is 520 Å². The number of nitrogens with zero attached hydrogens (tertiary/aromatic N) is 1. The largest absolute Gasteiger partial charge is 0.396 e. The van der Waals surface area contributed by atoms with Crippen molar-refractivity contribution >= 4 is 46.8 Å². The van der Waals surface area contributed by atoms with E-state index < -0.39 is 151 Å². The van der Waals surface area contributed by atoms with Crippen molar-refractivity contribution in [3.63, 3.8) is 0 Å². The molecule has 88 heavy (non-hydrogen) atoms. The summed E-state index contributed by atoms with van der Waals surface area (Å²) in [6, 6.07) is -1.34. The van der Waals surface area contributed by atoms with Gasteiger partial charge in [0.05, 0.1) is 80.6 Å². The SMILES string of the molecule is CC(C)C.COCCCC(=O)CCCC(=O)CCC(C(=O)NCC(=O)NCCCO[C@@H]1CC(CO)[C@H](O)[C@H](O)C1C)N(CC(=O)CCC(=O)NCCCO[C@@H]1CC(CO)[C@H](O)C(O)C1C)CC(=O)CCC(=O)NCCCO[C@@H]1CC(CO)[C@H](O)[C@H](O)C1C. The van der Waals surface area contributed by atoms with Crippen LogP contribution < -0.4 is 21.3 Å². The Bertz CT molecular complexity index is 1970. The molecule has 0 aliphatic heterocycles. The number of carbonyl (C=O) groups is 8. The molecule has 16 atom stereocenters. The van der Waals surface area contributed by atoms with Crippen molar-refractivity contribution in [3.05, 3.63) is 0 Å². The van der Waals surface area contributed by atoms with Gasteiger partial charge in [-0.3, -0.25) is 43.3 Å². The summed E-state index contributed by atoms with van der Waals surface area (Å²) in [7, 11) is 1.53. The summed E-state index contributed by atoms with van der Waals surface area (Å²) >= 11 is 0. The smallest absolute Gasteiger partial charge is 0.239 e. The fourth-order valence-corrected chi connectivity index (χ4v) is 11.0. The molecule has 3 aliphatic carbocycles. The molecule has 0 aromatic rings. The third-order valence-corrected chi connectivity index (χ3v) is 16.7. The molecule has 3 saturated carbocycles. The number of nitrogens with one attached hydrogen (secondary N) is 4. The molecule has 3 fully saturated rings. The van der Waals surface area contributed by atoms with Crippen LogP contribution in [-0.2, 0) is 57.3 Å². The normalized spacial score (nSPS) is 27.4. The average molecular weight is 1260 g/mol. The number of aliphatic hydroxyl groups excluding tert-OH is 9. The molecule has 3 rings (SSSR count). The number of amides is 4. The van der Waals surface area contributed by atoms with Gasteiger partial charge in [0.25, 0.3) is 0 Å². The lowest BCUT2D eigenvalue weighted by Gasteiger charge is -2.40. The van der Waals surface area contributed by atoms with E-state index in [0.29, 0.717) is 51.6 Å². The van der Waals surface area contributed by atoms with Crippen LogP contribution in [0.4, 0.5) is 0 Å². The molecule has 510 valence electrons. The summed E-state index contributed by atoms with van der Waals surface area (Å²) in [4.78, 5) is 108. The van der Waals surface area contributed by atoms with Crippen molar-refractivity contribution in [2.75, 3.05) is 92.6 Å². The van der Waals surface area contributed by atoms with Crippen molar-refractivity contribution in [3.8, 4) is 0 Å². The van der Waals surface area contributed by atoms with E-state index in [1.165, 1.54) is 12.0 Å². The lowest BCUT2D eigenvalue weighted by Crippen LogP contribution is -2.52. The molecule has 13 N–H and O–H groups in total. The van der Waals surface area contributed by atoms with Gasteiger partial charge < -0.3 is 86.2 Å². The maximum atomic E-state index is 14.2. The fourth-order valence-electron chi connectivity index (χ4n) is 11.0. The van der Waals surface area contributed by atoms with Crippen LogP contribution in [0.1, 0.15) is 151 Å². The monoisotopic (exact) mass is 1260 g/mol. The van der Waals surface area contributed by atoms with Crippen LogP contribution in [0.2, 0.25) is 0 Å². The topological polar surface area (TPSA) is 407 Å². The van der Waals surface area contributed by atoms with E-state index in [9.17, 15) is 84.3 Å². The molecule has 0 saturated heterocycles. The van der Waals surface area contributed by atoms with Crippen LogP contribution in [-0.4, -0.2) is 251 Å². The predicted molar refractivity (Wildman–Crippen MR) is 323 cm³/mol. The number of Topliss-reactive ketones (excluding diaryl/α,β-unsaturated/α-hetero) is 4. The zero-order valence-electron chi connectivity index (χ0n) is 53.4. The Hall–Kier alpha value is -4.00. The second-order valence-electron chi connectivity index (χ2n) is 24.9. The van der Waals surface area contributed by atoms with E-state index in [1.807, 2.05) is 0 Å². The Kier molecular flexibility index (Phi) is 40.5. The van der Waals surface area contributed by atoms with Crippen LogP contribution in [0.25, 0.3) is 0 Å². The Morgan fingerprint density at radius 1 is 0.443 bits per heavy atom. The van der Waals surface area contributed by atoms with Crippen LogP contribution in [0.5, 0.6) is 0 Å². The minimum absolute atomic E-state index is 0.00923. The minimum Gasteiger partial charge on any atom is -0.396 e. The quantitative estimate of drug-likeness (QED) is 0.0340. The van der Waals surface area contributed by atoms with E-state index in [-0.39, 0.29) is 135 Å². The number of aliphatic hydroxyl groups is 9. The summed E-state index contributed by atoms with van der Waals surface area (Å²) in [6.07, 6.45) is -6.00. The van der Waals surface area contributed by atoms with Gasteiger partial charge in [0, 0.05) is 160 Å². The van der Waals surface area contributed by atoms with Crippen molar-refractivity contribution < 1.29 is 103 Å². The van der Waals surface area contributed by atoms with E-state index in [0.717, 1.165) is 5.92 Å². The summed E-state index contributed by atoms with van der Waals surface area (Å²) in [5.41, 5.74) is 0. The van der Waals surface area contributed by atoms with Crippen LogP contribution >= 0.6 is 0 Å². The fraction of sp³-hybridized carbons (Fsp3) is 0.871. The molecule has 26 nitrogen and oxygen atoms in total. The first-order valence-electron chi connectivity index (χ1n) is 31.9. The molecule has 26 heteroatoms. The molecule has 0 aromatic heterocycles. The number of ether oxygens (including phenoxy) is 4. The van der Waals surface area contributed by atoms with Gasteiger partial charge >= 0.3 is 0 Å². The second-order valence-corrected chi connectivity index (χ2v) is 24.9. The van der Waals surface area contributed by atoms with Crippen molar-refractivity contribution in [2.24, 2.45) is 41.4 Å². The first-order chi connectivity index (χ1) is 41.8.